The molecule has 0 unspecified atom stereocenters. The van der Waals surface area contributed by atoms with Crippen LogP contribution in [0.2, 0.25) is 5.02 Å². The number of carbonyl (C=O) groups excluding carboxylic acids is 1. The van der Waals surface area contributed by atoms with Crippen molar-refractivity contribution in [2.45, 2.75) is 31.7 Å². The summed E-state index contributed by atoms with van der Waals surface area (Å²) >= 11 is 5.69. The van der Waals surface area contributed by atoms with Crippen molar-refractivity contribution in [3.63, 3.8) is 0 Å². The number of nitrogens with one attached hydrogen (secondary N) is 1. The third-order valence-electron chi connectivity index (χ3n) is 4.44. The van der Waals surface area contributed by atoms with Crippen LogP contribution in [0.5, 0.6) is 0 Å². The van der Waals surface area contributed by atoms with Gasteiger partial charge in [0.05, 0.1) is 18.0 Å². The summed E-state index contributed by atoms with van der Waals surface area (Å²) in [7, 11) is 0. The second-order valence-electron chi connectivity index (χ2n) is 6.74. The van der Waals surface area contributed by atoms with E-state index < -0.39 is 5.82 Å². The Morgan fingerprint density at radius 1 is 1.22 bits per heavy atom. The zero-order valence-electron chi connectivity index (χ0n) is 14.5. The number of amides is 1. The monoisotopic (exact) mass is 384 g/mol. The SMILES string of the molecule is O=C(Cc1ccc(C2CC2)nc1)Nc1ccn(Cc2ccc(Cl)c(F)c2)n1. The molecule has 5 nitrogen and oxygen atoms in total. The first-order valence-electron chi connectivity index (χ1n) is 8.79. The molecule has 2 heterocycles. The number of benzene rings is 1. The number of carbonyl (C=O) groups is 1. The zero-order chi connectivity index (χ0) is 18.8. The van der Waals surface area contributed by atoms with E-state index in [0.29, 0.717) is 18.3 Å². The lowest BCUT2D eigenvalue weighted by Gasteiger charge is -2.05. The summed E-state index contributed by atoms with van der Waals surface area (Å²) in [6, 6.07) is 10.3. The summed E-state index contributed by atoms with van der Waals surface area (Å²) in [5.41, 5.74) is 2.71. The van der Waals surface area contributed by atoms with Crippen LogP contribution in [0.1, 0.15) is 35.6 Å². The average Bonchev–Trinajstić information content (AvgIpc) is 3.40. The molecule has 1 amide bonds. The largest absolute Gasteiger partial charge is 0.309 e. The second-order valence-corrected chi connectivity index (χ2v) is 7.14. The van der Waals surface area contributed by atoms with Crippen LogP contribution in [0.15, 0.2) is 48.8 Å². The summed E-state index contributed by atoms with van der Waals surface area (Å²) in [4.78, 5) is 16.6. The topological polar surface area (TPSA) is 59.8 Å². The van der Waals surface area contributed by atoms with Gasteiger partial charge in [-0.15, -0.1) is 0 Å². The van der Waals surface area contributed by atoms with E-state index >= 15 is 0 Å². The number of hydrogen-bond donors (Lipinski definition) is 1. The molecule has 0 aliphatic heterocycles. The van der Waals surface area contributed by atoms with Crippen LogP contribution in [-0.2, 0) is 17.8 Å². The molecule has 1 N–H and O–H groups in total. The maximum Gasteiger partial charge on any atom is 0.230 e. The fourth-order valence-corrected chi connectivity index (χ4v) is 2.99. The lowest BCUT2D eigenvalue weighted by molar-refractivity contribution is -0.115. The third-order valence-corrected chi connectivity index (χ3v) is 4.75. The Bertz CT molecular complexity index is 966. The van der Waals surface area contributed by atoms with Gasteiger partial charge in [-0.1, -0.05) is 23.7 Å². The molecule has 1 aromatic carbocycles. The van der Waals surface area contributed by atoms with E-state index in [2.05, 4.69) is 15.4 Å². The Kier molecular flexibility index (Phi) is 4.90. The van der Waals surface area contributed by atoms with Crippen LogP contribution in [-0.4, -0.2) is 20.7 Å². The highest BCUT2D eigenvalue weighted by atomic mass is 35.5. The molecule has 1 fully saturated rings. The molecule has 27 heavy (non-hydrogen) atoms. The van der Waals surface area contributed by atoms with Crippen LogP contribution in [0.3, 0.4) is 0 Å². The molecule has 7 heteroatoms. The van der Waals surface area contributed by atoms with Crippen molar-refractivity contribution in [1.29, 1.82) is 0 Å². The van der Waals surface area contributed by atoms with E-state index in [1.54, 1.807) is 29.2 Å². The van der Waals surface area contributed by atoms with Crippen LogP contribution >= 0.6 is 11.6 Å². The van der Waals surface area contributed by atoms with Gasteiger partial charge in [0.1, 0.15) is 5.82 Å². The van der Waals surface area contributed by atoms with Crippen molar-refractivity contribution in [3.05, 3.63) is 76.5 Å². The summed E-state index contributed by atoms with van der Waals surface area (Å²) in [5, 5.41) is 7.16. The highest BCUT2D eigenvalue weighted by Gasteiger charge is 2.24. The van der Waals surface area contributed by atoms with Gasteiger partial charge >= 0.3 is 0 Å². The Hall–Kier alpha value is -2.73. The van der Waals surface area contributed by atoms with Gasteiger partial charge in [0, 0.05) is 30.1 Å². The second kappa shape index (κ2) is 7.48. The van der Waals surface area contributed by atoms with Crippen molar-refractivity contribution in [3.8, 4) is 0 Å². The first-order chi connectivity index (χ1) is 13.1. The van der Waals surface area contributed by atoms with E-state index in [1.807, 2.05) is 12.1 Å². The van der Waals surface area contributed by atoms with Gasteiger partial charge in [-0.05, 0) is 42.2 Å². The van der Waals surface area contributed by atoms with Crippen molar-refractivity contribution < 1.29 is 9.18 Å². The maximum atomic E-state index is 13.5. The predicted octanol–water partition coefficient (Wildman–Crippen LogP) is 4.18. The van der Waals surface area contributed by atoms with E-state index in [9.17, 15) is 9.18 Å². The molecule has 0 spiro atoms. The fourth-order valence-electron chi connectivity index (χ4n) is 2.87. The van der Waals surface area contributed by atoms with Crippen molar-refractivity contribution in [1.82, 2.24) is 14.8 Å². The minimum absolute atomic E-state index is 0.0896. The average molecular weight is 385 g/mol. The number of pyridine rings is 1. The molecule has 3 aromatic rings. The van der Waals surface area contributed by atoms with Crippen LogP contribution < -0.4 is 5.32 Å². The molecule has 1 saturated carbocycles. The van der Waals surface area contributed by atoms with E-state index in [-0.39, 0.29) is 17.4 Å². The molecular weight excluding hydrogens is 367 g/mol. The van der Waals surface area contributed by atoms with Crippen molar-refractivity contribution in [2.75, 3.05) is 5.32 Å². The van der Waals surface area contributed by atoms with Crippen molar-refractivity contribution >= 4 is 23.3 Å². The molecule has 1 aliphatic rings. The Morgan fingerprint density at radius 2 is 2.04 bits per heavy atom. The number of rotatable bonds is 6. The number of nitrogens with zero attached hydrogens (tertiary/aromatic N) is 3. The van der Waals surface area contributed by atoms with Crippen molar-refractivity contribution in [2.24, 2.45) is 0 Å². The first kappa shape index (κ1) is 17.7. The number of hydrogen-bond acceptors (Lipinski definition) is 3. The molecule has 0 atom stereocenters. The molecular formula is C20H18ClFN4O. The summed E-state index contributed by atoms with van der Waals surface area (Å²) in [5.74, 6) is 0.442. The predicted molar refractivity (Wildman–Crippen MR) is 101 cm³/mol. The van der Waals surface area contributed by atoms with Gasteiger partial charge < -0.3 is 5.32 Å². The highest BCUT2D eigenvalue weighted by molar-refractivity contribution is 6.30. The molecule has 2 aromatic heterocycles. The number of anilines is 1. The smallest absolute Gasteiger partial charge is 0.230 e. The Morgan fingerprint density at radius 3 is 2.74 bits per heavy atom. The molecule has 0 bridgehead atoms. The summed E-state index contributed by atoms with van der Waals surface area (Å²) in [6.07, 6.45) is 6.15. The van der Waals surface area contributed by atoms with Crippen LogP contribution in [0.25, 0.3) is 0 Å². The Labute approximate surface area is 161 Å². The van der Waals surface area contributed by atoms with Gasteiger partial charge in [0.15, 0.2) is 5.82 Å². The van der Waals surface area contributed by atoms with E-state index in [1.165, 1.54) is 25.0 Å². The molecule has 4 rings (SSSR count). The molecule has 1 aliphatic carbocycles. The quantitative estimate of drug-likeness (QED) is 0.693. The standard InChI is InChI=1S/C20H18ClFN4O/c21-16-5-1-14(9-17(16)22)12-26-8-7-19(25-26)24-20(27)10-13-2-6-18(23-11-13)15-3-4-15/h1-2,5-9,11,15H,3-4,10,12H2,(H,24,25,27). The minimum atomic E-state index is -0.462. The first-order valence-corrected chi connectivity index (χ1v) is 9.17. The number of halogens is 2. The zero-order valence-corrected chi connectivity index (χ0v) is 15.3. The van der Waals surface area contributed by atoms with Gasteiger partial charge in [-0.2, -0.15) is 5.10 Å². The molecule has 0 saturated heterocycles. The van der Waals surface area contributed by atoms with Gasteiger partial charge in [-0.3, -0.25) is 14.5 Å². The highest BCUT2D eigenvalue weighted by Crippen LogP contribution is 2.38. The lowest BCUT2D eigenvalue weighted by Crippen LogP contribution is -2.15. The molecule has 0 radical (unpaired) electrons. The minimum Gasteiger partial charge on any atom is -0.309 e. The fraction of sp³-hybridized carbons (Fsp3) is 0.250. The normalized spacial score (nSPS) is 13.6. The van der Waals surface area contributed by atoms with Gasteiger partial charge in [0.25, 0.3) is 0 Å². The summed E-state index contributed by atoms with van der Waals surface area (Å²) < 4.78 is 15.1. The third kappa shape index (κ3) is 4.52. The van der Waals surface area contributed by atoms with Gasteiger partial charge in [-0.25, -0.2) is 4.39 Å². The van der Waals surface area contributed by atoms with Crippen LogP contribution in [0.4, 0.5) is 10.2 Å². The lowest BCUT2D eigenvalue weighted by atomic mass is 10.1. The number of aromatic nitrogens is 3. The van der Waals surface area contributed by atoms with Crippen LogP contribution in [0, 0.1) is 5.82 Å². The van der Waals surface area contributed by atoms with E-state index in [4.69, 9.17) is 11.6 Å². The Balaban J connectivity index is 1.33. The summed E-state index contributed by atoms with van der Waals surface area (Å²) in [6.45, 7) is 0.385. The maximum absolute atomic E-state index is 13.5. The van der Waals surface area contributed by atoms with Gasteiger partial charge in [0.2, 0.25) is 5.91 Å². The molecule has 138 valence electrons. The van der Waals surface area contributed by atoms with E-state index in [0.717, 1.165) is 16.8 Å².